The predicted molar refractivity (Wildman–Crippen MR) is 89.0 cm³/mol. The van der Waals surface area contributed by atoms with E-state index in [4.69, 9.17) is 9.47 Å². The maximum absolute atomic E-state index is 5.29. The molecule has 0 aromatic rings. The van der Waals surface area contributed by atoms with Gasteiger partial charge in [-0.3, -0.25) is 0 Å². The van der Waals surface area contributed by atoms with E-state index in [0.717, 1.165) is 32.9 Å². The van der Waals surface area contributed by atoms with Gasteiger partial charge in [0.1, 0.15) is 0 Å². The second kappa shape index (κ2) is 13.5. The summed E-state index contributed by atoms with van der Waals surface area (Å²) in [6.45, 7) is 12.1. The molecule has 2 fully saturated rings. The minimum absolute atomic E-state index is 0.855. The Morgan fingerprint density at radius 3 is 1.62 bits per heavy atom. The normalized spacial score (nSPS) is 20.9. The summed E-state index contributed by atoms with van der Waals surface area (Å²) in [6.07, 6.45) is 8.36. The Kier molecular flexibility index (Phi) is 12.1. The summed E-state index contributed by atoms with van der Waals surface area (Å²) >= 11 is 0. The van der Waals surface area contributed by atoms with Crippen LogP contribution in [0.25, 0.3) is 0 Å². The summed E-state index contributed by atoms with van der Waals surface area (Å²) in [5, 5.41) is 0. The molecule has 4 nitrogen and oxygen atoms in total. The lowest BCUT2D eigenvalue weighted by atomic mass is 10.1. The molecule has 0 atom stereocenters. The van der Waals surface area contributed by atoms with Gasteiger partial charge in [-0.25, -0.2) is 0 Å². The monoisotopic (exact) mass is 300 g/mol. The zero-order valence-corrected chi connectivity index (χ0v) is 14.3. The van der Waals surface area contributed by atoms with Gasteiger partial charge < -0.3 is 19.3 Å². The van der Waals surface area contributed by atoms with Crippen LogP contribution in [-0.4, -0.2) is 76.0 Å². The Hall–Kier alpha value is -0.160. The first-order chi connectivity index (χ1) is 10.4. The van der Waals surface area contributed by atoms with Crippen molar-refractivity contribution in [2.45, 2.75) is 45.4 Å². The highest BCUT2D eigenvalue weighted by atomic mass is 16.5. The van der Waals surface area contributed by atoms with E-state index in [0.29, 0.717) is 0 Å². The first-order valence-electron chi connectivity index (χ1n) is 8.88. The topological polar surface area (TPSA) is 24.9 Å². The van der Waals surface area contributed by atoms with Crippen LogP contribution in [0.15, 0.2) is 0 Å². The molecule has 21 heavy (non-hydrogen) atoms. The van der Waals surface area contributed by atoms with Crippen molar-refractivity contribution >= 4 is 0 Å². The van der Waals surface area contributed by atoms with Crippen molar-refractivity contribution in [3.8, 4) is 0 Å². The number of nitrogens with zero attached hydrogens (tertiary/aromatic N) is 2. The average Bonchev–Trinajstić information content (AvgIpc) is 2.56. The molecule has 0 bridgehead atoms. The summed E-state index contributed by atoms with van der Waals surface area (Å²) in [6, 6.07) is 0. The van der Waals surface area contributed by atoms with E-state index in [1.165, 1.54) is 64.7 Å². The highest BCUT2D eigenvalue weighted by molar-refractivity contribution is 4.64. The Bertz CT molecular complexity index is 215. The fourth-order valence-electron chi connectivity index (χ4n) is 2.92. The zero-order valence-electron chi connectivity index (χ0n) is 14.3. The molecule has 0 unspecified atom stereocenters. The van der Waals surface area contributed by atoms with Crippen molar-refractivity contribution < 1.29 is 9.47 Å². The second-order valence-corrected chi connectivity index (χ2v) is 5.99. The van der Waals surface area contributed by atoms with Crippen molar-refractivity contribution in [3.63, 3.8) is 0 Å². The molecule has 0 aromatic carbocycles. The molecular weight excluding hydrogens is 264 g/mol. The number of piperidine rings is 2. The molecule has 2 aliphatic rings. The standard InChI is InChI=1S/C9H19NO.C8H17NO/c1-2-11-9-8-10-6-4-3-5-7-10;1-10-8-7-9-5-3-2-4-6-9/h2-9H2,1H3;2-8H2,1H3. The minimum Gasteiger partial charge on any atom is -0.383 e. The number of likely N-dealkylation sites (tertiary alicyclic amines) is 2. The third kappa shape index (κ3) is 10.2. The molecule has 2 rings (SSSR count). The molecule has 2 heterocycles. The van der Waals surface area contributed by atoms with Gasteiger partial charge >= 0.3 is 0 Å². The van der Waals surface area contributed by atoms with E-state index in [9.17, 15) is 0 Å². The van der Waals surface area contributed by atoms with Crippen molar-refractivity contribution in [3.05, 3.63) is 0 Å². The Balaban J connectivity index is 0.000000211. The number of methoxy groups -OCH3 is 1. The van der Waals surface area contributed by atoms with Gasteiger partial charge in [0.2, 0.25) is 0 Å². The maximum Gasteiger partial charge on any atom is 0.0593 e. The highest BCUT2D eigenvalue weighted by Gasteiger charge is 2.09. The van der Waals surface area contributed by atoms with Gasteiger partial charge in [0.25, 0.3) is 0 Å². The first kappa shape index (κ1) is 18.9. The van der Waals surface area contributed by atoms with Gasteiger partial charge in [-0.2, -0.15) is 0 Å². The maximum atomic E-state index is 5.29. The van der Waals surface area contributed by atoms with Crippen LogP contribution in [0.3, 0.4) is 0 Å². The smallest absolute Gasteiger partial charge is 0.0593 e. The molecule has 0 spiro atoms. The molecule has 0 aliphatic carbocycles. The molecule has 0 aromatic heterocycles. The van der Waals surface area contributed by atoms with Gasteiger partial charge in [0.05, 0.1) is 13.2 Å². The van der Waals surface area contributed by atoms with Crippen molar-refractivity contribution in [2.75, 3.05) is 66.2 Å². The number of rotatable bonds is 7. The van der Waals surface area contributed by atoms with E-state index >= 15 is 0 Å². The summed E-state index contributed by atoms with van der Waals surface area (Å²) in [5.74, 6) is 0. The Labute approximate surface area is 131 Å². The molecule has 0 saturated carbocycles. The van der Waals surface area contributed by atoms with Crippen molar-refractivity contribution in [1.29, 1.82) is 0 Å². The van der Waals surface area contributed by atoms with Crippen molar-refractivity contribution in [2.24, 2.45) is 0 Å². The van der Waals surface area contributed by atoms with Crippen LogP contribution in [0.2, 0.25) is 0 Å². The second-order valence-electron chi connectivity index (χ2n) is 5.99. The average molecular weight is 300 g/mol. The minimum atomic E-state index is 0.855. The van der Waals surface area contributed by atoms with Crippen LogP contribution in [0.4, 0.5) is 0 Å². The zero-order chi connectivity index (χ0) is 15.2. The van der Waals surface area contributed by atoms with Crippen LogP contribution >= 0.6 is 0 Å². The van der Waals surface area contributed by atoms with Crippen molar-refractivity contribution in [1.82, 2.24) is 9.80 Å². The lowest BCUT2D eigenvalue weighted by Crippen LogP contribution is -2.32. The molecule has 4 heteroatoms. The summed E-state index contributed by atoms with van der Waals surface area (Å²) in [4.78, 5) is 4.98. The number of hydrogen-bond acceptors (Lipinski definition) is 4. The van der Waals surface area contributed by atoms with Crippen LogP contribution in [-0.2, 0) is 9.47 Å². The van der Waals surface area contributed by atoms with Crippen LogP contribution in [0, 0.1) is 0 Å². The summed E-state index contributed by atoms with van der Waals surface area (Å²) in [5.41, 5.74) is 0. The van der Waals surface area contributed by atoms with E-state index in [1.807, 2.05) is 0 Å². The van der Waals surface area contributed by atoms with Gasteiger partial charge in [-0.15, -0.1) is 0 Å². The Morgan fingerprint density at radius 2 is 1.19 bits per heavy atom. The van der Waals surface area contributed by atoms with Crippen LogP contribution in [0.1, 0.15) is 45.4 Å². The van der Waals surface area contributed by atoms with E-state index in [-0.39, 0.29) is 0 Å². The molecular formula is C17H36N2O2. The van der Waals surface area contributed by atoms with E-state index in [1.54, 1.807) is 7.11 Å². The highest BCUT2D eigenvalue weighted by Crippen LogP contribution is 2.08. The fourth-order valence-corrected chi connectivity index (χ4v) is 2.92. The predicted octanol–water partition coefficient (Wildman–Crippen LogP) is 2.63. The fraction of sp³-hybridized carbons (Fsp3) is 1.00. The SMILES string of the molecule is CCOCCN1CCCCC1.COCCN1CCCCC1. The van der Waals surface area contributed by atoms with Gasteiger partial charge in [-0.1, -0.05) is 12.8 Å². The third-order valence-electron chi connectivity index (χ3n) is 4.26. The quantitative estimate of drug-likeness (QED) is 0.675. The van der Waals surface area contributed by atoms with E-state index in [2.05, 4.69) is 16.7 Å². The lowest BCUT2D eigenvalue weighted by molar-refractivity contribution is 0.105. The third-order valence-corrected chi connectivity index (χ3v) is 4.26. The number of hydrogen-bond donors (Lipinski definition) is 0. The largest absolute Gasteiger partial charge is 0.383 e. The molecule has 126 valence electrons. The Morgan fingerprint density at radius 1 is 0.714 bits per heavy atom. The summed E-state index contributed by atoms with van der Waals surface area (Å²) in [7, 11) is 1.77. The van der Waals surface area contributed by atoms with Gasteiger partial charge in [-0.05, 0) is 58.8 Å². The van der Waals surface area contributed by atoms with Crippen LogP contribution in [0.5, 0.6) is 0 Å². The number of ether oxygens (including phenoxy) is 2. The van der Waals surface area contributed by atoms with Gasteiger partial charge in [0, 0.05) is 26.8 Å². The van der Waals surface area contributed by atoms with E-state index < -0.39 is 0 Å². The van der Waals surface area contributed by atoms with Gasteiger partial charge in [0.15, 0.2) is 0 Å². The molecule has 0 N–H and O–H groups in total. The van der Waals surface area contributed by atoms with Crippen LogP contribution < -0.4 is 0 Å². The summed E-state index contributed by atoms with van der Waals surface area (Å²) < 4.78 is 10.3. The lowest BCUT2D eigenvalue weighted by Gasteiger charge is -2.25. The molecule has 2 aliphatic heterocycles. The molecule has 0 radical (unpaired) electrons. The molecule has 0 amide bonds. The first-order valence-corrected chi connectivity index (χ1v) is 8.88. The molecule has 2 saturated heterocycles.